The van der Waals surface area contributed by atoms with Crippen molar-refractivity contribution in [2.75, 3.05) is 13.6 Å². The van der Waals surface area contributed by atoms with Gasteiger partial charge in [0, 0.05) is 12.6 Å². The van der Waals surface area contributed by atoms with Gasteiger partial charge in [-0.2, -0.15) is 0 Å². The topological polar surface area (TPSA) is 29.1 Å². The molecule has 0 aliphatic rings. The van der Waals surface area contributed by atoms with E-state index in [1.54, 1.807) is 13.0 Å². The van der Waals surface area contributed by atoms with E-state index in [0.717, 1.165) is 0 Å². The van der Waals surface area contributed by atoms with E-state index in [0.29, 0.717) is 6.54 Å². The minimum absolute atomic E-state index is 0.615. The number of hydrogen-bond acceptors (Lipinski definition) is 2. The number of rotatable bonds is 2. The Hall–Kier alpha value is -0.590. The maximum Gasteiger partial charge on any atom is 0.121 e. The van der Waals surface area contributed by atoms with Crippen LogP contribution >= 0.6 is 0 Å². The van der Waals surface area contributed by atoms with Crippen molar-refractivity contribution in [3.63, 3.8) is 0 Å². The third kappa shape index (κ3) is 3.41. The van der Waals surface area contributed by atoms with Crippen LogP contribution in [0.4, 0.5) is 0 Å². The van der Waals surface area contributed by atoms with Crippen molar-refractivity contribution >= 4 is 5.94 Å². The van der Waals surface area contributed by atoms with E-state index in [2.05, 4.69) is 5.32 Å². The van der Waals surface area contributed by atoms with E-state index in [-0.39, 0.29) is 0 Å². The summed E-state index contributed by atoms with van der Waals surface area (Å²) in [7, 11) is 1.77. The molecule has 34 valence electrons. The zero-order valence-electron chi connectivity index (χ0n) is 3.69. The summed E-state index contributed by atoms with van der Waals surface area (Å²) in [6.45, 7) is 0.615. The maximum atomic E-state index is 9.34. The van der Waals surface area contributed by atoms with Crippen molar-refractivity contribution in [2.45, 2.75) is 0 Å². The van der Waals surface area contributed by atoms with Crippen molar-refractivity contribution in [1.82, 2.24) is 5.32 Å². The number of likely N-dealkylation sites (N-methyl/N-ethyl adjacent to an activating group) is 1. The van der Waals surface area contributed by atoms with Crippen LogP contribution < -0.4 is 5.32 Å². The molecular weight excluding hydrogens is 78.0 g/mol. The molecule has 6 heavy (non-hydrogen) atoms. The van der Waals surface area contributed by atoms with E-state index in [1.807, 2.05) is 0 Å². The lowest BCUT2D eigenvalue weighted by molar-refractivity contribution is 0.568. The lowest BCUT2D eigenvalue weighted by atomic mass is 10.6. The van der Waals surface area contributed by atoms with Crippen LogP contribution in [-0.4, -0.2) is 19.5 Å². The van der Waals surface area contributed by atoms with Crippen molar-refractivity contribution in [3.05, 3.63) is 6.08 Å². The van der Waals surface area contributed by atoms with Gasteiger partial charge in [-0.05, 0) is 7.05 Å². The van der Waals surface area contributed by atoms with E-state index in [4.69, 9.17) is 0 Å². The summed E-state index contributed by atoms with van der Waals surface area (Å²) >= 11 is 0. The summed E-state index contributed by atoms with van der Waals surface area (Å²) < 4.78 is 0. The third-order valence-corrected chi connectivity index (χ3v) is 0.390. The summed E-state index contributed by atoms with van der Waals surface area (Å²) in [6.07, 6.45) is 1.39. The predicted molar refractivity (Wildman–Crippen MR) is 24.2 cm³/mol. The number of nitrogens with one attached hydrogen (secondary N) is 1. The van der Waals surface area contributed by atoms with E-state index in [1.165, 1.54) is 6.08 Å². The van der Waals surface area contributed by atoms with Crippen LogP contribution in [0.2, 0.25) is 0 Å². The molecule has 0 aliphatic carbocycles. The quantitative estimate of drug-likeness (QED) is 0.462. The Bertz CT molecular complexity index is 63.9. The van der Waals surface area contributed by atoms with Crippen molar-refractivity contribution < 1.29 is 4.79 Å². The van der Waals surface area contributed by atoms with Crippen LogP contribution in [0.15, 0.2) is 6.08 Å². The minimum Gasteiger partial charge on any atom is -0.316 e. The molecule has 0 aromatic carbocycles. The summed E-state index contributed by atoms with van der Waals surface area (Å²) in [5.74, 6) is 1.63. The van der Waals surface area contributed by atoms with Gasteiger partial charge in [0.2, 0.25) is 0 Å². The second-order valence-corrected chi connectivity index (χ2v) is 0.880. The normalized spacial score (nSPS) is 6.83. The van der Waals surface area contributed by atoms with Crippen LogP contribution in [-0.2, 0) is 4.79 Å². The van der Waals surface area contributed by atoms with Gasteiger partial charge in [-0.25, -0.2) is 4.79 Å². The molecule has 0 amide bonds. The smallest absolute Gasteiger partial charge is 0.121 e. The van der Waals surface area contributed by atoms with Gasteiger partial charge in [-0.3, -0.25) is 0 Å². The third-order valence-electron chi connectivity index (χ3n) is 0.390. The molecule has 0 rings (SSSR count). The predicted octanol–water partition coefficient (Wildman–Crippen LogP) is -0.406. The first-order valence-corrected chi connectivity index (χ1v) is 1.75. The van der Waals surface area contributed by atoms with Crippen LogP contribution in [0.25, 0.3) is 0 Å². The average Bonchev–Trinajstić information content (AvgIpc) is 1.61. The number of hydrogen-bond donors (Lipinski definition) is 1. The summed E-state index contributed by atoms with van der Waals surface area (Å²) in [4.78, 5) is 9.34. The van der Waals surface area contributed by atoms with Gasteiger partial charge >= 0.3 is 0 Å². The lowest BCUT2D eigenvalue weighted by Crippen LogP contribution is -2.03. The molecule has 0 saturated heterocycles. The second kappa shape index (κ2) is 4.41. The molecule has 0 saturated carbocycles. The molecular formula is C4H7NO. The zero-order chi connectivity index (χ0) is 4.83. The monoisotopic (exact) mass is 85.1 g/mol. The lowest BCUT2D eigenvalue weighted by Gasteiger charge is -1.78. The van der Waals surface area contributed by atoms with Crippen LogP contribution in [0.1, 0.15) is 0 Å². The van der Waals surface area contributed by atoms with Crippen molar-refractivity contribution in [2.24, 2.45) is 0 Å². The highest BCUT2D eigenvalue weighted by molar-refractivity contribution is 5.45. The molecule has 2 heteroatoms. The largest absolute Gasteiger partial charge is 0.316 e. The first-order valence-electron chi connectivity index (χ1n) is 1.75. The first kappa shape index (κ1) is 5.41. The molecule has 0 heterocycles. The highest BCUT2D eigenvalue weighted by Crippen LogP contribution is 1.47. The van der Waals surface area contributed by atoms with Gasteiger partial charge in [-0.1, -0.05) is 0 Å². The Morgan fingerprint density at radius 2 is 2.67 bits per heavy atom. The summed E-state index contributed by atoms with van der Waals surface area (Å²) in [5, 5.41) is 2.75. The summed E-state index contributed by atoms with van der Waals surface area (Å²) in [5.41, 5.74) is 0. The van der Waals surface area contributed by atoms with E-state index < -0.39 is 0 Å². The van der Waals surface area contributed by atoms with Gasteiger partial charge in [-0.15, -0.1) is 0 Å². The van der Waals surface area contributed by atoms with Crippen LogP contribution in [0.5, 0.6) is 0 Å². The molecule has 0 aromatic rings. The Balaban J connectivity index is 2.86. The van der Waals surface area contributed by atoms with Crippen LogP contribution in [0, 0.1) is 0 Å². The summed E-state index contributed by atoms with van der Waals surface area (Å²) in [6, 6.07) is 0. The Morgan fingerprint density at radius 1 is 2.00 bits per heavy atom. The van der Waals surface area contributed by atoms with Crippen molar-refractivity contribution in [3.8, 4) is 0 Å². The number of carbonyl (C=O) groups excluding carboxylic acids is 1. The Morgan fingerprint density at radius 3 is 2.83 bits per heavy atom. The molecule has 0 bridgehead atoms. The van der Waals surface area contributed by atoms with Gasteiger partial charge in [0.15, 0.2) is 0 Å². The molecule has 0 unspecified atom stereocenters. The minimum atomic E-state index is 0.615. The highest BCUT2D eigenvalue weighted by Gasteiger charge is 1.62. The zero-order valence-corrected chi connectivity index (χ0v) is 3.69. The van der Waals surface area contributed by atoms with Gasteiger partial charge in [0.05, 0.1) is 0 Å². The molecule has 0 aliphatic heterocycles. The van der Waals surface area contributed by atoms with E-state index >= 15 is 0 Å². The van der Waals surface area contributed by atoms with E-state index in [9.17, 15) is 4.79 Å². The van der Waals surface area contributed by atoms with Gasteiger partial charge in [0.1, 0.15) is 5.94 Å². The van der Waals surface area contributed by atoms with Gasteiger partial charge < -0.3 is 5.32 Å². The molecule has 2 nitrogen and oxygen atoms in total. The Labute approximate surface area is 36.9 Å². The molecule has 0 fully saturated rings. The molecule has 1 N–H and O–H groups in total. The maximum absolute atomic E-state index is 9.34. The first-order chi connectivity index (χ1) is 2.91. The molecule has 0 radical (unpaired) electrons. The molecule has 0 aromatic heterocycles. The second-order valence-electron chi connectivity index (χ2n) is 0.880. The standard InChI is InChI=1S/C4H7NO/c1-5-3-2-4-6/h2,5H,3H2,1H3. The highest BCUT2D eigenvalue weighted by atomic mass is 16.1. The van der Waals surface area contributed by atoms with Gasteiger partial charge in [0.25, 0.3) is 0 Å². The van der Waals surface area contributed by atoms with Crippen LogP contribution in [0.3, 0.4) is 0 Å². The Kier molecular flexibility index (Phi) is 3.98. The average molecular weight is 85.1 g/mol. The SMILES string of the molecule is CNCC=C=O. The fraction of sp³-hybridized carbons (Fsp3) is 0.500. The fourth-order valence-corrected chi connectivity index (χ4v) is 0.144. The molecule has 0 atom stereocenters. The molecule has 0 spiro atoms. The van der Waals surface area contributed by atoms with Crippen molar-refractivity contribution in [1.29, 1.82) is 0 Å². The fourth-order valence-electron chi connectivity index (χ4n) is 0.144.